The number of hydrogen-bond donors (Lipinski definition) is 1. The van der Waals surface area contributed by atoms with Crippen molar-refractivity contribution >= 4 is 11.7 Å². The smallest absolute Gasteiger partial charge is 0.289 e. The molecule has 1 aromatic carbocycles. The average molecular weight is 244 g/mol. The first kappa shape index (κ1) is 11.6. The minimum atomic E-state index is 0.326. The Morgan fingerprint density at radius 3 is 3.06 bits per heavy atom. The van der Waals surface area contributed by atoms with Crippen LogP contribution in [0.4, 0.5) is 5.69 Å². The van der Waals surface area contributed by atoms with Gasteiger partial charge in [-0.05, 0) is 49.3 Å². The van der Waals surface area contributed by atoms with Crippen LogP contribution >= 0.6 is 0 Å². The Hall–Kier alpha value is -1.51. The van der Waals surface area contributed by atoms with Crippen LogP contribution in [0, 0.1) is 0 Å². The van der Waals surface area contributed by atoms with E-state index in [0.29, 0.717) is 18.7 Å². The van der Waals surface area contributed by atoms with Gasteiger partial charge in [-0.15, -0.1) is 0 Å². The Balaban J connectivity index is 1.81. The summed E-state index contributed by atoms with van der Waals surface area (Å²) in [6.45, 7) is 2.86. The molecule has 18 heavy (non-hydrogen) atoms. The molecule has 1 aliphatic heterocycles. The number of rotatable bonds is 2. The molecule has 96 valence electrons. The van der Waals surface area contributed by atoms with Crippen molar-refractivity contribution in [2.75, 3.05) is 11.9 Å². The van der Waals surface area contributed by atoms with Gasteiger partial charge in [0, 0.05) is 5.69 Å². The summed E-state index contributed by atoms with van der Waals surface area (Å²) >= 11 is 0. The van der Waals surface area contributed by atoms with Crippen molar-refractivity contribution < 1.29 is 4.74 Å². The fraction of sp³-hybridized carbons (Fsp3) is 0.533. The van der Waals surface area contributed by atoms with Crippen molar-refractivity contribution in [1.29, 1.82) is 0 Å². The van der Waals surface area contributed by atoms with Crippen LogP contribution in [0.15, 0.2) is 23.2 Å². The summed E-state index contributed by atoms with van der Waals surface area (Å²) in [5.41, 5.74) is 4.12. The number of nitrogens with one attached hydrogen (secondary N) is 1. The minimum absolute atomic E-state index is 0.326. The molecule has 1 atom stereocenters. The summed E-state index contributed by atoms with van der Waals surface area (Å²) in [7, 11) is 0. The molecule has 3 nitrogen and oxygen atoms in total. The van der Waals surface area contributed by atoms with Crippen molar-refractivity contribution in [3.05, 3.63) is 29.3 Å². The largest absolute Gasteiger partial charge is 0.463 e. The topological polar surface area (TPSA) is 33.6 Å². The number of fused-ring (bicyclic) bond motifs is 1. The van der Waals surface area contributed by atoms with Gasteiger partial charge in [0.1, 0.15) is 6.61 Å². The average Bonchev–Trinajstić information content (AvgIpc) is 2.87. The van der Waals surface area contributed by atoms with Gasteiger partial charge in [-0.3, -0.25) is 0 Å². The van der Waals surface area contributed by atoms with Gasteiger partial charge in [0.05, 0.1) is 6.04 Å². The molecule has 0 spiro atoms. The van der Waals surface area contributed by atoms with Crippen LogP contribution < -0.4 is 5.32 Å². The molecule has 0 saturated carbocycles. The van der Waals surface area contributed by atoms with E-state index in [4.69, 9.17) is 4.74 Å². The van der Waals surface area contributed by atoms with E-state index in [2.05, 4.69) is 35.4 Å². The second kappa shape index (κ2) is 5.01. The molecule has 1 heterocycles. The van der Waals surface area contributed by atoms with Gasteiger partial charge >= 0.3 is 0 Å². The second-order valence-corrected chi connectivity index (χ2v) is 5.08. The molecule has 3 rings (SSSR count). The number of nitrogens with zero attached hydrogens (tertiary/aromatic N) is 1. The fourth-order valence-electron chi connectivity index (χ4n) is 2.71. The van der Waals surface area contributed by atoms with E-state index in [1.807, 2.05) is 0 Å². The maximum absolute atomic E-state index is 5.59. The van der Waals surface area contributed by atoms with Crippen molar-refractivity contribution in [3.8, 4) is 0 Å². The molecule has 0 bridgehead atoms. The maximum Gasteiger partial charge on any atom is 0.289 e. The molecular formula is C15H20N2O. The second-order valence-electron chi connectivity index (χ2n) is 5.08. The van der Waals surface area contributed by atoms with Gasteiger partial charge in [-0.1, -0.05) is 19.1 Å². The predicted octanol–water partition coefficient (Wildman–Crippen LogP) is 3.14. The molecule has 1 N–H and O–H groups in total. The predicted molar refractivity (Wildman–Crippen MR) is 74.2 cm³/mol. The molecule has 1 aromatic rings. The number of anilines is 1. The highest BCUT2D eigenvalue weighted by Crippen LogP contribution is 2.28. The van der Waals surface area contributed by atoms with Gasteiger partial charge in [0.15, 0.2) is 0 Å². The standard InChI is InChI=1S/C15H20N2O/c1-2-12-10-18-15(16-12)17-14-9-5-7-11-6-3-4-8-13(11)14/h5,7,9,12H,2-4,6,8,10H2,1H3,(H,16,17). The molecule has 0 saturated heterocycles. The van der Waals surface area contributed by atoms with Crippen LogP contribution in [-0.4, -0.2) is 18.7 Å². The summed E-state index contributed by atoms with van der Waals surface area (Å²) in [6.07, 6.45) is 6.01. The molecule has 1 unspecified atom stereocenters. The highest BCUT2D eigenvalue weighted by Gasteiger charge is 2.19. The van der Waals surface area contributed by atoms with E-state index >= 15 is 0 Å². The quantitative estimate of drug-likeness (QED) is 0.867. The fourth-order valence-corrected chi connectivity index (χ4v) is 2.71. The van der Waals surface area contributed by atoms with E-state index in [-0.39, 0.29) is 0 Å². The van der Waals surface area contributed by atoms with E-state index in [1.165, 1.54) is 42.5 Å². The SMILES string of the molecule is CCC1COC(Nc2cccc3c2CCCC3)=N1. The number of aryl methyl sites for hydroxylation is 1. The zero-order chi connectivity index (χ0) is 12.4. The third-order valence-electron chi connectivity index (χ3n) is 3.82. The maximum atomic E-state index is 5.59. The van der Waals surface area contributed by atoms with Crippen LogP contribution in [0.3, 0.4) is 0 Å². The molecule has 1 aliphatic carbocycles. The van der Waals surface area contributed by atoms with Gasteiger partial charge in [-0.25, -0.2) is 4.99 Å². The molecule has 0 amide bonds. The first-order valence-corrected chi connectivity index (χ1v) is 6.95. The lowest BCUT2D eigenvalue weighted by atomic mass is 9.90. The Labute approximate surface area is 108 Å². The number of benzene rings is 1. The third kappa shape index (κ3) is 2.22. The van der Waals surface area contributed by atoms with Gasteiger partial charge in [-0.2, -0.15) is 0 Å². The molecule has 0 radical (unpaired) electrons. The van der Waals surface area contributed by atoms with Crippen LogP contribution in [0.5, 0.6) is 0 Å². The zero-order valence-electron chi connectivity index (χ0n) is 10.9. The lowest BCUT2D eigenvalue weighted by molar-refractivity contribution is 0.313. The molecule has 2 aliphatic rings. The highest BCUT2D eigenvalue weighted by atomic mass is 16.5. The Bertz CT molecular complexity index is 468. The number of amidine groups is 1. The van der Waals surface area contributed by atoms with Crippen molar-refractivity contribution in [2.45, 2.75) is 45.1 Å². The summed E-state index contributed by atoms with van der Waals surface area (Å²) < 4.78 is 5.59. The number of hydrogen-bond acceptors (Lipinski definition) is 3. The zero-order valence-corrected chi connectivity index (χ0v) is 10.9. The lowest BCUT2D eigenvalue weighted by Crippen LogP contribution is -2.15. The molecular weight excluding hydrogens is 224 g/mol. The van der Waals surface area contributed by atoms with Gasteiger partial charge < -0.3 is 10.1 Å². The summed E-state index contributed by atoms with van der Waals surface area (Å²) in [5, 5.41) is 3.36. The summed E-state index contributed by atoms with van der Waals surface area (Å²) in [5.74, 6) is 0. The van der Waals surface area contributed by atoms with Crippen molar-refractivity contribution in [2.24, 2.45) is 4.99 Å². The van der Waals surface area contributed by atoms with Crippen LogP contribution in [0.1, 0.15) is 37.3 Å². The highest BCUT2D eigenvalue weighted by molar-refractivity contribution is 5.91. The third-order valence-corrected chi connectivity index (χ3v) is 3.82. The summed E-state index contributed by atoms with van der Waals surface area (Å²) in [6, 6.07) is 7.52. The first-order valence-electron chi connectivity index (χ1n) is 6.95. The van der Waals surface area contributed by atoms with Crippen LogP contribution in [0.25, 0.3) is 0 Å². The minimum Gasteiger partial charge on any atom is -0.463 e. The first-order chi connectivity index (χ1) is 8.86. The van der Waals surface area contributed by atoms with Gasteiger partial charge in [0.2, 0.25) is 0 Å². The monoisotopic (exact) mass is 244 g/mol. The Kier molecular flexibility index (Phi) is 3.22. The summed E-state index contributed by atoms with van der Waals surface area (Å²) in [4.78, 5) is 4.53. The molecule has 3 heteroatoms. The lowest BCUT2D eigenvalue weighted by Gasteiger charge is -2.19. The Morgan fingerprint density at radius 1 is 1.33 bits per heavy atom. The van der Waals surface area contributed by atoms with Crippen molar-refractivity contribution in [3.63, 3.8) is 0 Å². The molecule has 0 aromatic heterocycles. The Morgan fingerprint density at radius 2 is 2.22 bits per heavy atom. The van der Waals surface area contributed by atoms with E-state index in [9.17, 15) is 0 Å². The van der Waals surface area contributed by atoms with Crippen LogP contribution in [0.2, 0.25) is 0 Å². The van der Waals surface area contributed by atoms with Crippen molar-refractivity contribution in [1.82, 2.24) is 0 Å². The number of aliphatic imine (C=N–C) groups is 1. The van der Waals surface area contributed by atoms with Crippen LogP contribution in [-0.2, 0) is 17.6 Å². The van der Waals surface area contributed by atoms with E-state index < -0.39 is 0 Å². The number of ether oxygens (including phenoxy) is 1. The van der Waals surface area contributed by atoms with E-state index in [1.54, 1.807) is 0 Å². The normalized spacial score (nSPS) is 22.1. The van der Waals surface area contributed by atoms with Gasteiger partial charge in [0.25, 0.3) is 6.02 Å². The molecule has 0 fully saturated rings. The van der Waals surface area contributed by atoms with E-state index in [0.717, 1.165) is 6.42 Å².